The van der Waals surface area contributed by atoms with Gasteiger partial charge in [0, 0.05) is 30.6 Å². The lowest BCUT2D eigenvalue weighted by Crippen LogP contribution is -2.18. The van der Waals surface area contributed by atoms with Gasteiger partial charge in [-0.1, -0.05) is 34.3 Å². The summed E-state index contributed by atoms with van der Waals surface area (Å²) in [5, 5.41) is 2.92. The largest absolute Gasteiger partial charge is 0.462 e. The topological polar surface area (TPSA) is 65.5 Å². The number of hydrogen-bond donors (Lipinski definition) is 0. The fraction of sp³-hybridized carbons (Fsp3) is 0.522. The van der Waals surface area contributed by atoms with Crippen LogP contribution in [0.4, 0.5) is 0 Å². The van der Waals surface area contributed by atoms with Crippen LogP contribution in [0.15, 0.2) is 27.6 Å². The number of fused-ring (bicyclic) bond motifs is 2. The Bertz CT molecular complexity index is 873. The lowest BCUT2D eigenvalue weighted by atomic mass is 10.0. The van der Waals surface area contributed by atoms with Crippen LogP contribution in [-0.2, 0) is 31.9 Å². The van der Waals surface area contributed by atoms with Crippen molar-refractivity contribution < 1.29 is 19.1 Å². The number of carbonyl (C=O) groups is 2. The summed E-state index contributed by atoms with van der Waals surface area (Å²) < 4.78 is 11.9. The fourth-order valence-electron chi connectivity index (χ4n) is 3.11. The number of rotatable bonds is 1. The molecule has 0 radical (unpaired) electrons. The van der Waals surface area contributed by atoms with E-state index < -0.39 is 12.1 Å². The van der Waals surface area contributed by atoms with Crippen molar-refractivity contribution >= 4 is 39.2 Å². The van der Waals surface area contributed by atoms with E-state index >= 15 is 0 Å². The minimum atomic E-state index is -0.586. The highest BCUT2D eigenvalue weighted by atomic mass is 79.9. The van der Waals surface area contributed by atoms with Crippen LogP contribution in [0.3, 0.4) is 0 Å². The maximum absolute atomic E-state index is 12.2. The SMILES string of the molecule is C/C(Br)=C\[C@@H]1Cc2nc(cs2)CC[C@@H](C)CC(=O)O[C@@H](C)C/C(C)=C/C#CC(=O)O1. The Balaban J connectivity index is 2.22. The van der Waals surface area contributed by atoms with E-state index in [0.29, 0.717) is 19.3 Å². The van der Waals surface area contributed by atoms with Crippen molar-refractivity contribution in [1.29, 1.82) is 0 Å². The third-order valence-electron chi connectivity index (χ3n) is 4.49. The minimum absolute atomic E-state index is 0.186. The number of aryl methyl sites for hydroxylation is 1. The Morgan fingerprint density at radius 2 is 2.03 bits per heavy atom. The van der Waals surface area contributed by atoms with Gasteiger partial charge in [-0.05, 0) is 56.2 Å². The highest BCUT2D eigenvalue weighted by molar-refractivity contribution is 9.11. The summed E-state index contributed by atoms with van der Waals surface area (Å²) in [6, 6.07) is 0. The number of carbonyl (C=O) groups excluding carboxylic acids is 2. The number of nitrogens with zero attached hydrogens (tertiary/aromatic N) is 1. The maximum Gasteiger partial charge on any atom is 0.385 e. The van der Waals surface area contributed by atoms with Crippen molar-refractivity contribution in [1.82, 2.24) is 4.98 Å². The Morgan fingerprint density at radius 3 is 2.77 bits per heavy atom. The number of halogens is 1. The third-order valence-corrected chi connectivity index (χ3v) is 5.68. The predicted molar refractivity (Wildman–Crippen MR) is 122 cm³/mol. The van der Waals surface area contributed by atoms with E-state index in [9.17, 15) is 9.59 Å². The second-order valence-electron chi connectivity index (χ2n) is 7.75. The molecule has 5 nitrogen and oxygen atoms in total. The van der Waals surface area contributed by atoms with Gasteiger partial charge >= 0.3 is 11.9 Å². The molecule has 1 aromatic rings. The summed E-state index contributed by atoms with van der Waals surface area (Å²) in [4.78, 5) is 29.0. The number of esters is 2. The molecule has 2 rings (SSSR count). The van der Waals surface area contributed by atoms with Crippen LogP contribution in [0.25, 0.3) is 0 Å². The van der Waals surface area contributed by atoms with E-state index in [1.807, 2.05) is 32.2 Å². The van der Waals surface area contributed by atoms with Gasteiger partial charge in [-0.3, -0.25) is 4.79 Å². The summed E-state index contributed by atoms with van der Waals surface area (Å²) in [5.74, 6) is 4.69. The molecule has 0 fully saturated rings. The first-order chi connectivity index (χ1) is 14.2. The lowest BCUT2D eigenvalue weighted by molar-refractivity contribution is -0.149. The van der Waals surface area contributed by atoms with Crippen molar-refractivity contribution in [2.75, 3.05) is 0 Å². The zero-order valence-corrected chi connectivity index (χ0v) is 20.3. The normalized spacial score (nSPS) is 26.6. The predicted octanol–water partition coefficient (Wildman–Crippen LogP) is 5.14. The first kappa shape index (κ1) is 24.4. The van der Waals surface area contributed by atoms with Gasteiger partial charge in [-0.2, -0.15) is 0 Å². The molecule has 0 spiro atoms. The van der Waals surface area contributed by atoms with Crippen LogP contribution >= 0.6 is 27.3 Å². The molecule has 1 aliphatic heterocycles. The zero-order valence-electron chi connectivity index (χ0n) is 17.9. The number of allylic oxidation sites excluding steroid dienone is 2. The maximum atomic E-state index is 12.2. The molecule has 1 aliphatic rings. The van der Waals surface area contributed by atoms with Crippen molar-refractivity contribution in [3.63, 3.8) is 0 Å². The zero-order chi connectivity index (χ0) is 22.1. The standard InChI is InChI=1S/C23H28BrNO4S/c1-15-6-5-7-22(26)29-20(12-17(3)24)13-21-25-19(14-30-21)9-8-16(2)11-23(27)28-18(4)10-15/h6,12,14,16,18,20H,8-11,13H2,1-4H3/b15-6+,17-12+/t16-,18+,20-/m1/s1. The average Bonchev–Trinajstić information content (AvgIpc) is 3.05. The number of thiazole rings is 1. The summed E-state index contributed by atoms with van der Waals surface area (Å²) in [6.45, 7) is 7.70. The molecular weight excluding hydrogens is 466 g/mol. The molecule has 7 heteroatoms. The van der Waals surface area contributed by atoms with Crippen molar-refractivity contribution in [3.05, 3.63) is 38.3 Å². The van der Waals surface area contributed by atoms with E-state index in [1.54, 1.807) is 17.4 Å². The van der Waals surface area contributed by atoms with Crippen molar-refractivity contribution in [2.45, 2.75) is 72.0 Å². The molecule has 2 heterocycles. The lowest BCUT2D eigenvalue weighted by Gasteiger charge is -2.15. The molecule has 0 N–H and O–H groups in total. The summed E-state index contributed by atoms with van der Waals surface area (Å²) in [7, 11) is 0. The minimum Gasteiger partial charge on any atom is -0.462 e. The molecule has 2 bridgehead atoms. The first-order valence-electron chi connectivity index (χ1n) is 10.1. The summed E-state index contributed by atoms with van der Waals surface area (Å²) in [6.07, 6.45) is 5.94. The van der Waals surface area contributed by atoms with Gasteiger partial charge in [-0.15, -0.1) is 11.3 Å². The summed E-state index contributed by atoms with van der Waals surface area (Å²) in [5.41, 5.74) is 1.93. The van der Waals surface area contributed by atoms with E-state index in [2.05, 4.69) is 39.7 Å². The number of cyclic esters (lactones) is 2. The Morgan fingerprint density at radius 1 is 1.27 bits per heavy atom. The van der Waals surface area contributed by atoms with Gasteiger partial charge in [0.15, 0.2) is 0 Å². The summed E-state index contributed by atoms with van der Waals surface area (Å²) >= 11 is 4.95. The second kappa shape index (κ2) is 12.1. The first-order valence-corrected chi connectivity index (χ1v) is 11.7. The second-order valence-corrected chi connectivity index (χ2v) is 9.94. The fourth-order valence-corrected chi connectivity index (χ4v) is 4.28. The van der Waals surface area contributed by atoms with Gasteiger partial charge in [0.05, 0.1) is 10.7 Å². The van der Waals surface area contributed by atoms with E-state index in [4.69, 9.17) is 9.47 Å². The molecule has 0 unspecified atom stereocenters. The van der Waals surface area contributed by atoms with Crippen molar-refractivity contribution in [2.24, 2.45) is 5.92 Å². The molecule has 0 aromatic carbocycles. The Kier molecular flexibility index (Phi) is 9.80. The van der Waals surface area contributed by atoms with Gasteiger partial charge in [-0.25, -0.2) is 9.78 Å². The van der Waals surface area contributed by atoms with Crippen molar-refractivity contribution in [3.8, 4) is 11.8 Å². The Labute approximate surface area is 191 Å². The molecule has 0 amide bonds. The molecule has 1 aromatic heterocycles. The van der Waals surface area contributed by atoms with Crippen LogP contribution in [0.1, 0.15) is 57.7 Å². The quantitative estimate of drug-likeness (QED) is 0.307. The molecule has 0 saturated heterocycles. The van der Waals surface area contributed by atoms with E-state index in [0.717, 1.165) is 33.6 Å². The van der Waals surface area contributed by atoms with Crippen LogP contribution in [-0.4, -0.2) is 29.1 Å². The average molecular weight is 494 g/mol. The van der Waals surface area contributed by atoms with E-state index in [-0.39, 0.29) is 18.0 Å². The van der Waals surface area contributed by atoms with Gasteiger partial charge in [0.1, 0.15) is 12.2 Å². The number of aromatic nitrogens is 1. The molecular formula is C23H28BrNO4S. The number of hydrogen-bond acceptors (Lipinski definition) is 6. The van der Waals surface area contributed by atoms with Gasteiger partial charge in [0.25, 0.3) is 0 Å². The smallest absolute Gasteiger partial charge is 0.385 e. The molecule has 162 valence electrons. The van der Waals surface area contributed by atoms with E-state index in [1.165, 1.54) is 0 Å². The monoisotopic (exact) mass is 493 g/mol. The molecule has 3 atom stereocenters. The van der Waals surface area contributed by atoms with Gasteiger partial charge < -0.3 is 9.47 Å². The van der Waals surface area contributed by atoms with Crippen LogP contribution in [0.5, 0.6) is 0 Å². The highest BCUT2D eigenvalue weighted by Gasteiger charge is 2.17. The number of ether oxygens (including phenoxy) is 2. The Hall–Kier alpha value is -1.91. The van der Waals surface area contributed by atoms with Gasteiger partial charge in [0.2, 0.25) is 0 Å². The van der Waals surface area contributed by atoms with Crippen LogP contribution in [0.2, 0.25) is 0 Å². The third kappa shape index (κ3) is 9.27. The van der Waals surface area contributed by atoms with Crippen LogP contribution < -0.4 is 0 Å². The molecule has 0 aliphatic carbocycles. The molecule has 0 saturated carbocycles. The van der Waals surface area contributed by atoms with Crippen LogP contribution in [0, 0.1) is 17.8 Å². The molecule has 30 heavy (non-hydrogen) atoms. The highest BCUT2D eigenvalue weighted by Crippen LogP contribution is 2.20.